The molecule has 0 spiro atoms. The fraction of sp³-hybridized carbons (Fsp3) is 0.500. The largest absolute Gasteiger partial charge is 0.498 e. The van der Waals surface area contributed by atoms with E-state index in [0.717, 1.165) is 69.1 Å². The van der Waals surface area contributed by atoms with Gasteiger partial charge in [-0.1, -0.05) is 29.3 Å². The molecule has 0 radical (unpaired) electrons. The van der Waals surface area contributed by atoms with Crippen molar-refractivity contribution in [2.75, 3.05) is 32.8 Å². The van der Waals surface area contributed by atoms with Crippen molar-refractivity contribution in [3.05, 3.63) is 45.1 Å². The Morgan fingerprint density at radius 2 is 1.92 bits per heavy atom. The highest BCUT2D eigenvalue weighted by atomic mass is 35.5. The molecule has 1 fully saturated rings. The number of nitrogens with zero attached hydrogens (tertiary/aromatic N) is 2. The number of amides is 1. The highest BCUT2D eigenvalue weighted by molar-refractivity contribution is 6.42. The summed E-state index contributed by atoms with van der Waals surface area (Å²) in [7, 11) is 0. The van der Waals surface area contributed by atoms with Gasteiger partial charge in [0.15, 0.2) is 0 Å². The van der Waals surface area contributed by atoms with Gasteiger partial charge < -0.3 is 9.64 Å². The number of hydrogen-bond acceptors (Lipinski definition) is 3. The van der Waals surface area contributed by atoms with Gasteiger partial charge in [-0.15, -0.1) is 0 Å². The van der Waals surface area contributed by atoms with Gasteiger partial charge in [0.05, 0.1) is 22.2 Å². The second-order valence-corrected chi connectivity index (χ2v) is 7.12. The molecule has 1 amide bonds. The molecule has 6 heteroatoms. The molecule has 0 N–H and O–H groups in total. The maximum atomic E-state index is 12.6. The molecule has 130 valence electrons. The first-order valence-electron chi connectivity index (χ1n) is 8.32. The summed E-state index contributed by atoms with van der Waals surface area (Å²) in [5.41, 5.74) is 1.99. The lowest BCUT2D eigenvalue weighted by atomic mass is 10.1. The zero-order valence-electron chi connectivity index (χ0n) is 13.9. The Labute approximate surface area is 153 Å². The molecule has 1 aromatic carbocycles. The van der Waals surface area contributed by atoms with Gasteiger partial charge in [-0.25, -0.2) is 0 Å². The maximum absolute atomic E-state index is 12.6. The number of carbonyl (C=O) groups excluding carboxylic acids is 1. The van der Waals surface area contributed by atoms with Crippen molar-refractivity contribution in [1.29, 1.82) is 0 Å². The van der Waals surface area contributed by atoms with E-state index in [9.17, 15) is 4.79 Å². The van der Waals surface area contributed by atoms with Crippen LogP contribution < -0.4 is 0 Å². The summed E-state index contributed by atoms with van der Waals surface area (Å²) in [5.74, 6) is 0.936. The van der Waals surface area contributed by atoms with Crippen LogP contribution in [0, 0.1) is 0 Å². The number of benzene rings is 1. The molecule has 24 heavy (non-hydrogen) atoms. The van der Waals surface area contributed by atoms with E-state index >= 15 is 0 Å². The average Bonchev–Trinajstić information content (AvgIpc) is 2.59. The van der Waals surface area contributed by atoms with E-state index in [-0.39, 0.29) is 5.91 Å². The Morgan fingerprint density at radius 1 is 1.17 bits per heavy atom. The van der Waals surface area contributed by atoms with Crippen LogP contribution in [0.5, 0.6) is 0 Å². The van der Waals surface area contributed by atoms with Gasteiger partial charge in [0, 0.05) is 32.7 Å². The molecule has 0 atom stereocenters. The number of halogens is 2. The molecule has 2 aliphatic rings. The number of ether oxygens (including phenoxy) is 1. The summed E-state index contributed by atoms with van der Waals surface area (Å²) < 4.78 is 5.52. The normalized spacial score (nSPS) is 19.4. The minimum absolute atomic E-state index is 0.140. The molecule has 2 aliphatic heterocycles. The lowest BCUT2D eigenvalue weighted by Gasteiger charge is -2.35. The van der Waals surface area contributed by atoms with E-state index in [1.54, 1.807) is 0 Å². The van der Waals surface area contributed by atoms with Gasteiger partial charge in [-0.3, -0.25) is 9.69 Å². The Morgan fingerprint density at radius 3 is 2.58 bits per heavy atom. The smallest absolute Gasteiger partial charge is 0.253 e. The highest BCUT2D eigenvalue weighted by Gasteiger charge is 2.26. The molecule has 0 unspecified atom stereocenters. The quantitative estimate of drug-likeness (QED) is 0.814. The number of piperazine rings is 1. The highest BCUT2D eigenvalue weighted by Crippen LogP contribution is 2.24. The zero-order valence-corrected chi connectivity index (χ0v) is 15.4. The predicted octanol–water partition coefficient (Wildman–Crippen LogP) is 3.72. The van der Waals surface area contributed by atoms with E-state index < -0.39 is 0 Å². The summed E-state index contributed by atoms with van der Waals surface area (Å²) in [6.45, 7) is 6.66. The molecule has 0 aliphatic carbocycles. The van der Waals surface area contributed by atoms with Gasteiger partial charge in [0.25, 0.3) is 5.91 Å². The third-order valence-electron chi connectivity index (χ3n) is 4.62. The molecule has 2 heterocycles. The summed E-state index contributed by atoms with van der Waals surface area (Å²) in [5, 5.41) is 1.16. The minimum atomic E-state index is 0.140. The Kier molecular flexibility index (Phi) is 5.69. The van der Waals surface area contributed by atoms with Crippen molar-refractivity contribution in [3.8, 4) is 0 Å². The van der Waals surface area contributed by atoms with Crippen LogP contribution in [0.3, 0.4) is 0 Å². The summed E-state index contributed by atoms with van der Waals surface area (Å²) in [4.78, 5) is 16.9. The fourth-order valence-electron chi connectivity index (χ4n) is 3.19. The number of rotatable bonds is 3. The standard InChI is InChI=1S/C18H22Cl2N2O2/c1-13-15(3-2-10-24-13)18(23)22-8-6-21(7-9-22)12-14-4-5-16(19)17(20)11-14/h4-5,11H,2-3,6-10,12H2,1H3. The minimum Gasteiger partial charge on any atom is -0.498 e. The first-order chi connectivity index (χ1) is 11.5. The van der Waals surface area contributed by atoms with Crippen LogP contribution in [-0.2, 0) is 16.1 Å². The lowest BCUT2D eigenvalue weighted by Crippen LogP contribution is -2.49. The van der Waals surface area contributed by atoms with Crippen LogP contribution >= 0.6 is 23.2 Å². The van der Waals surface area contributed by atoms with Crippen molar-refractivity contribution >= 4 is 29.1 Å². The van der Waals surface area contributed by atoms with E-state index in [1.807, 2.05) is 30.0 Å². The van der Waals surface area contributed by atoms with Crippen molar-refractivity contribution in [3.63, 3.8) is 0 Å². The summed E-state index contributed by atoms with van der Waals surface area (Å²) in [6, 6.07) is 5.74. The van der Waals surface area contributed by atoms with Gasteiger partial charge >= 0.3 is 0 Å². The van der Waals surface area contributed by atoms with Gasteiger partial charge in [0.2, 0.25) is 0 Å². The SMILES string of the molecule is CC1=C(C(=O)N2CCN(Cc3ccc(Cl)c(Cl)c3)CC2)CCCO1. The van der Waals surface area contributed by atoms with Gasteiger partial charge in [-0.2, -0.15) is 0 Å². The second-order valence-electron chi connectivity index (χ2n) is 6.30. The molecule has 1 aromatic rings. The first-order valence-corrected chi connectivity index (χ1v) is 9.08. The predicted molar refractivity (Wildman–Crippen MR) is 96.2 cm³/mol. The number of hydrogen-bond donors (Lipinski definition) is 0. The van der Waals surface area contributed by atoms with Crippen LogP contribution in [-0.4, -0.2) is 48.5 Å². The van der Waals surface area contributed by atoms with Crippen LogP contribution in [0.1, 0.15) is 25.3 Å². The third-order valence-corrected chi connectivity index (χ3v) is 5.36. The van der Waals surface area contributed by atoms with Gasteiger partial charge in [0.1, 0.15) is 5.76 Å². The number of carbonyl (C=O) groups is 1. The molecule has 0 aromatic heterocycles. The first kappa shape index (κ1) is 17.6. The van der Waals surface area contributed by atoms with E-state index in [4.69, 9.17) is 27.9 Å². The van der Waals surface area contributed by atoms with Gasteiger partial charge in [-0.05, 0) is 37.5 Å². The Balaban J connectivity index is 1.55. The zero-order chi connectivity index (χ0) is 17.1. The third kappa shape index (κ3) is 4.05. The topological polar surface area (TPSA) is 32.8 Å². The maximum Gasteiger partial charge on any atom is 0.253 e. The summed E-state index contributed by atoms with van der Waals surface area (Å²) >= 11 is 12.0. The van der Waals surface area contributed by atoms with Crippen molar-refractivity contribution in [1.82, 2.24) is 9.80 Å². The lowest BCUT2D eigenvalue weighted by molar-refractivity contribution is -0.129. The molecular weight excluding hydrogens is 347 g/mol. The van der Waals surface area contributed by atoms with Crippen molar-refractivity contribution in [2.45, 2.75) is 26.3 Å². The molecule has 4 nitrogen and oxygen atoms in total. The van der Waals surface area contributed by atoms with Crippen LogP contribution in [0.25, 0.3) is 0 Å². The fourth-order valence-corrected chi connectivity index (χ4v) is 3.51. The van der Waals surface area contributed by atoms with E-state index in [2.05, 4.69) is 4.90 Å². The average molecular weight is 369 g/mol. The van der Waals surface area contributed by atoms with Crippen LogP contribution in [0.15, 0.2) is 29.5 Å². The molecule has 0 saturated carbocycles. The number of allylic oxidation sites excluding steroid dienone is 1. The van der Waals surface area contributed by atoms with E-state index in [0.29, 0.717) is 10.0 Å². The molecule has 3 rings (SSSR count). The van der Waals surface area contributed by atoms with E-state index in [1.165, 1.54) is 0 Å². The van der Waals surface area contributed by atoms with Crippen molar-refractivity contribution < 1.29 is 9.53 Å². The molecular formula is C18H22Cl2N2O2. The Hall–Kier alpha value is -1.23. The monoisotopic (exact) mass is 368 g/mol. The second kappa shape index (κ2) is 7.77. The summed E-state index contributed by atoms with van der Waals surface area (Å²) in [6.07, 6.45) is 1.75. The van der Waals surface area contributed by atoms with Crippen LogP contribution in [0.2, 0.25) is 10.0 Å². The molecule has 0 bridgehead atoms. The molecule has 1 saturated heterocycles. The van der Waals surface area contributed by atoms with Crippen LogP contribution in [0.4, 0.5) is 0 Å². The Bertz CT molecular complexity index is 652. The van der Waals surface area contributed by atoms with Crippen molar-refractivity contribution in [2.24, 2.45) is 0 Å².